The molecule has 8 nitrogen and oxygen atoms in total. The average Bonchev–Trinajstić information content (AvgIpc) is 2.87. The van der Waals surface area contributed by atoms with E-state index in [1.165, 1.54) is 7.11 Å². The summed E-state index contributed by atoms with van der Waals surface area (Å²) in [6.45, 7) is 1.70. The van der Waals surface area contributed by atoms with Crippen LogP contribution < -0.4 is 15.4 Å². The Bertz CT molecular complexity index is 622. The van der Waals surface area contributed by atoms with E-state index in [1.807, 2.05) is 0 Å². The Morgan fingerprint density at radius 1 is 1.55 bits per heavy atom. The molecule has 0 radical (unpaired) electrons. The first-order chi connectivity index (χ1) is 9.78. The Labute approximate surface area is 115 Å². The Balaban J connectivity index is 1.73. The number of carbonyl (C=O) groups is 1. The number of carbonyl (C=O) groups excluding carboxylic acids is 1. The van der Waals surface area contributed by atoms with E-state index in [9.17, 15) is 4.79 Å². The van der Waals surface area contributed by atoms with Gasteiger partial charge in [0, 0.05) is 19.3 Å². The minimum atomic E-state index is -0.338. The van der Waals surface area contributed by atoms with Crippen LogP contribution in [0.4, 0.5) is 5.69 Å². The van der Waals surface area contributed by atoms with E-state index < -0.39 is 0 Å². The zero-order valence-electron chi connectivity index (χ0n) is 10.9. The van der Waals surface area contributed by atoms with Gasteiger partial charge in [-0.15, -0.1) is 5.10 Å². The highest BCUT2D eigenvalue weighted by molar-refractivity contribution is 6.03. The molecule has 0 atom stereocenters. The van der Waals surface area contributed by atoms with Crippen molar-refractivity contribution in [1.82, 2.24) is 25.3 Å². The number of rotatable bonds is 4. The van der Waals surface area contributed by atoms with Crippen molar-refractivity contribution >= 4 is 11.6 Å². The van der Waals surface area contributed by atoms with Gasteiger partial charge in [0.25, 0.3) is 5.91 Å². The standard InChI is InChI=1S/C12H14N6O2/c1-20-12-9(3-2-4-14-12)15-11(19)10-7-18(17-16-10)8-5-13-6-8/h2-4,7-8,13H,5-6H2,1H3,(H,15,19). The number of nitrogens with zero attached hydrogens (tertiary/aromatic N) is 4. The van der Waals surface area contributed by atoms with Gasteiger partial charge in [0.2, 0.25) is 5.88 Å². The number of amides is 1. The predicted octanol–water partition coefficient (Wildman–Crippen LogP) is 0.0783. The highest BCUT2D eigenvalue weighted by Gasteiger charge is 2.22. The van der Waals surface area contributed by atoms with E-state index in [0.717, 1.165) is 13.1 Å². The lowest BCUT2D eigenvalue weighted by atomic mass is 10.2. The van der Waals surface area contributed by atoms with Crippen LogP contribution in [0.25, 0.3) is 0 Å². The van der Waals surface area contributed by atoms with E-state index >= 15 is 0 Å². The van der Waals surface area contributed by atoms with E-state index in [-0.39, 0.29) is 17.6 Å². The second-order valence-corrected chi connectivity index (χ2v) is 4.41. The molecule has 2 aromatic heterocycles. The molecule has 1 fully saturated rings. The van der Waals surface area contributed by atoms with Crippen molar-refractivity contribution in [2.45, 2.75) is 6.04 Å². The van der Waals surface area contributed by atoms with Crippen LogP contribution in [-0.2, 0) is 0 Å². The zero-order valence-corrected chi connectivity index (χ0v) is 10.9. The highest BCUT2D eigenvalue weighted by Crippen LogP contribution is 2.20. The number of hydrogen-bond acceptors (Lipinski definition) is 6. The van der Waals surface area contributed by atoms with Crippen molar-refractivity contribution in [3.05, 3.63) is 30.2 Å². The predicted molar refractivity (Wildman–Crippen MR) is 70.7 cm³/mol. The molecule has 8 heteroatoms. The number of ether oxygens (including phenoxy) is 1. The Hall–Kier alpha value is -2.48. The molecule has 0 bridgehead atoms. The maximum atomic E-state index is 12.1. The molecule has 2 N–H and O–H groups in total. The lowest BCUT2D eigenvalue weighted by molar-refractivity contribution is 0.102. The zero-order chi connectivity index (χ0) is 13.9. The molecule has 0 unspecified atom stereocenters. The molecule has 2 aromatic rings. The summed E-state index contributed by atoms with van der Waals surface area (Å²) in [5.74, 6) is 0.0197. The van der Waals surface area contributed by atoms with Crippen molar-refractivity contribution in [2.24, 2.45) is 0 Å². The maximum absolute atomic E-state index is 12.1. The summed E-state index contributed by atoms with van der Waals surface area (Å²) in [4.78, 5) is 16.1. The summed E-state index contributed by atoms with van der Waals surface area (Å²) in [6, 6.07) is 3.70. The maximum Gasteiger partial charge on any atom is 0.277 e. The van der Waals surface area contributed by atoms with Crippen LogP contribution in [0.15, 0.2) is 24.5 Å². The fourth-order valence-electron chi connectivity index (χ4n) is 1.85. The summed E-state index contributed by atoms with van der Waals surface area (Å²) < 4.78 is 6.78. The van der Waals surface area contributed by atoms with Gasteiger partial charge in [0.05, 0.1) is 19.3 Å². The van der Waals surface area contributed by atoms with Gasteiger partial charge in [-0.1, -0.05) is 5.21 Å². The smallest absolute Gasteiger partial charge is 0.277 e. The molecule has 3 rings (SSSR count). The summed E-state index contributed by atoms with van der Waals surface area (Å²) in [5, 5.41) is 13.7. The molecule has 20 heavy (non-hydrogen) atoms. The van der Waals surface area contributed by atoms with Gasteiger partial charge in [0.15, 0.2) is 5.69 Å². The van der Waals surface area contributed by atoms with E-state index in [1.54, 1.807) is 29.2 Å². The molecule has 1 saturated heterocycles. The fourth-order valence-corrected chi connectivity index (χ4v) is 1.85. The van der Waals surface area contributed by atoms with E-state index in [0.29, 0.717) is 11.6 Å². The molecule has 1 aliphatic heterocycles. The fraction of sp³-hybridized carbons (Fsp3) is 0.333. The van der Waals surface area contributed by atoms with Crippen molar-refractivity contribution in [1.29, 1.82) is 0 Å². The minimum Gasteiger partial charge on any atom is -0.480 e. The Morgan fingerprint density at radius 3 is 3.10 bits per heavy atom. The molecule has 1 amide bonds. The van der Waals surface area contributed by atoms with Crippen LogP contribution in [0.2, 0.25) is 0 Å². The quantitative estimate of drug-likeness (QED) is 0.820. The van der Waals surface area contributed by atoms with Gasteiger partial charge in [-0.25, -0.2) is 9.67 Å². The van der Waals surface area contributed by atoms with Crippen LogP contribution in [0.1, 0.15) is 16.5 Å². The van der Waals surface area contributed by atoms with Crippen LogP contribution in [0.5, 0.6) is 5.88 Å². The molecular weight excluding hydrogens is 260 g/mol. The normalized spacial score (nSPS) is 14.7. The van der Waals surface area contributed by atoms with E-state index in [4.69, 9.17) is 4.74 Å². The summed E-state index contributed by atoms with van der Waals surface area (Å²) >= 11 is 0. The summed E-state index contributed by atoms with van der Waals surface area (Å²) in [5.41, 5.74) is 0.766. The molecule has 0 spiro atoms. The first kappa shape index (κ1) is 12.5. The highest BCUT2D eigenvalue weighted by atomic mass is 16.5. The first-order valence-corrected chi connectivity index (χ1v) is 6.21. The summed E-state index contributed by atoms with van der Waals surface area (Å²) in [7, 11) is 1.50. The Morgan fingerprint density at radius 2 is 2.40 bits per heavy atom. The Kier molecular flexibility index (Phi) is 3.30. The number of nitrogens with one attached hydrogen (secondary N) is 2. The third kappa shape index (κ3) is 2.32. The average molecular weight is 274 g/mol. The van der Waals surface area contributed by atoms with Crippen molar-refractivity contribution < 1.29 is 9.53 Å². The van der Waals surface area contributed by atoms with Crippen molar-refractivity contribution in [3.63, 3.8) is 0 Å². The van der Waals surface area contributed by atoms with Crippen molar-refractivity contribution in [3.8, 4) is 5.88 Å². The van der Waals surface area contributed by atoms with Crippen LogP contribution in [0, 0.1) is 0 Å². The molecule has 0 aliphatic carbocycles. The molecular formula is C12H14N6O2. The number of anilines is 1. The molecule has 0 aromatic carbocycles. The van der Waals surface area contributed by atoms with Crippen LogP contribution in [0.3, 0.4) is 0 Å². The largest absolute Gasteiger partial charge is 0.480 e. The van der Waals surface area contributed by atoms with E-state index in [2.05, 4.69) is 25.9 Å². The number of hydrogen-bond donors (Lipinski definition) is 2. The van der Waals surface area contributed by atoms with Gasteiger partial charge in [-0.05, 0) is 12.1 Å². The van der Waals surface area contributed by atoms with Crippen molar-refractivity contribution in [2.75, 3.05) is 25.5 Å². The third-order valence-electron chi connectivity index (χ3n) is 3.09. The molecule has 1 aliphatic rings. The first-order valence-electron chi connectivity index (χ1n) is 6.21. The van der Waals surface area contributed by atoms with Crippen LogP contribution in [-0.4, -0.2) is 46.1 Å². The molecule has 3 heterocycles. The van der Waals surface area contributed by atoms with Gasteiger partial charge in [0.1, 0.15) is 5.69 Å². The number of pyridine rings is 1. The third-order valence-corrected chi connectivity index (χ3v) is 3.09. The number of methoxy groups -OCH3 is 1. The topological polar surface area (TPSA) is 94.0 Å². The summed E-state index contributed by atoms with van der Waals surface area (Å²) in [6.07, 6.45) is 3.23. The monoisotopic (exact) mass is 274 g/mol. The lowest BCUT2D eigenvalue weighted by Crippen LogP contribution is -2.43. The SMILES string of the molecule is COc1ncccc1NC(=O)c1cn(C2CNC2)nn1. The molecule has 0 saturated carbocycles. The second-order valence-electron chi connectivity index (χ2n) is 4.41. The van der Waals surface area contributed by atoms with Crippen LogP contribution >= 0.6 is 0 Å². The second kappa shape index (κ2) is 5.25. The number of aromatic nitrogens is 4. The van der Waals surface area contributed by atoms with Gasteiger partial charge >= 0.3 is 0 Å². The molecule has 104 valence electrons. The minimum absolute atomic E-state index is 0.266. The van der Waals surface area contributed by atoms with Gasteiger partial charge < -0.3 is 15.4 Å². The van der Waals surface area contributed by atoms with Gasteiger partial charge in [-0.3, -0.25) is 4.79 Å². The lowest BCUT2D eigenvalue weighted by Gasteiger charge is -2.26. The van der Waals surface area contributed by atoms with Gasteiger partial charge in [-0.2, -0.15) is 0 Å².